The highest BCUT2D eigenvalue weighted by Crippen LogP contribution is 2.04. The van der Waals surface area contributed by atoms with Gasteiger partial charge in [-0.25, -0.2) is 0 Å². The lowest BCUT2D eigenvalue weighted by Gasteiger charge is -2.34. The molecular formula is C18H28N4O5. The van der Waals surface area contributed by atoms with Gasteiger partial charge in [-0.15, -0.1) is 0 Å². The van der Waals surface area contributed by atoms with Gasteiger partial charge in [0.1, 0.15) is 18.8 Å². The number of esters is 1. The van der Waals surface area contributed by atoms with E-state index in [-0.39, 0.29) is 12.5 Å². The molecule has 150 valence electrons. The number of nitrogens with one attached hydrogen (secondary N) is 1. The molecule has 1 N–H and O–H groups in total. The zero-order valence-electron chi connectivity index (χ0n) is 16.1. The zero-order valence-corrected chi connectivity index (χ0v) is 16.1. The average Bonchev–Trinajstić information content (AvgIpc) is 3.20. The lowest BCUT2D eigenvalue weighted by molar-refractivity contribution is -0.147. The second kappa shape index (κ2) is 10.1. The molecule has 0 bridgehead atoms. The van der Waals surface area contributed by atoms with E-state index in [0.29, 0.717) is 18.7 Å². The highest BCUT2D eigenvalue weighted by Gasteiger charge is 2.26. The van der Waals surface area contributed by atoms with Crippen molar-refractivity contribution in [1.82, 2.24) is 20.0 Å². The summed E-state index contributed by atoms with van der Waals surface area (Å²) in [6.45, 7) is 6.30. The summed E-state index contributed by atoms with van der Waals surface area (Å²) in [5.74, 6) is -1.22. The van der Waals surface area contributed by atoms with Gasteiger partial charge >= 0.3 is 5.97 Å². The number of carbonyl (C=O) groups is 3. The van der Waals surface area contributed by atoms with Crippen LogP contribution in [-0.4, -0.2) is 98.5 Å². The topological polar surface area (TPSA) is 95.3 Å². The number of piperazine rings is 1. The summed E-state index contributed by atoms with van der Waals surface area (Å²) < 4.78 is 9.58. The quantitative estimate of drug-likeness (QED) is 0.616. The van der Waals surface area contributed by atoms with E-state index >= 15 is 0 Å². The largest absolute Gasteiger partial charge is 0.472 e. The summed E-state index contributed by atoms with van der Waals surface area (Å²) >= 11 is 0. The SMILES string of the molecule is COC(=O)CN(CCN1CCN(C)CC1)C(=O)[C@@H](C)NC(=O)c1ccoc1. The minimum atomic E-state index is -0.774. The number of amides is 2. The Morgan fingerprint density at radius 3 is 2.59 bits per heavy atom. The third kappa shape index (κ3) is 6.37. The molecule has 0 unspecified atom stereocenters. The first kappa shape index (κ1) is 20.9. The first-order valence-corrected chi connectivity index (χ1v) is 9.00. The van der Waals surface area contributed by atoms with Crippen molar-refractivity contribution in [2.24, 2.45) is 0 Å². The van der Waals surface area contributed by atoms with Crippen LogP contribution in [0.1, 0.15) is 17.3 Å². The van der Waals surface area contributed by atoms with Crippen molar-refractivity contribution in [2.45, 2.75) is 13.0 Å². The van der Waals surface area contributed by atoms with Gasteiger partial charge in [0, 0.05) is 39.3 Å². The van der Waals surface area contributed by atoms with Crippen molar-refractivity contribution in [3.05, 3.63) is 24.2 Å². The van der Waals surface area contributed by atoms with Crippen LogP contribution in [0.5, 0.6) is 0 Å². The third-order valence-electron chi connectivity index (χ3n) is 4.64. The fraction of sp³-hybridized carbons (Fsp3) is 0.611. The molecule has 0 aliphatic carbocycles. The van der Waals surface area contributed by atoms with Gasteiger partial charge in [0.2, 0.25) is 5.91 Å². The monoisotopic (exact) mass is 380 g/mol. The first-order valence-electron chi connectivity index (χ1n) is 9.00. The predicted octanol–water partition coefficient (Wildman–Crippen LogP) is -0.353. The van der Waals surface area contributed by atoms with E-state index in [0.717, 1.165) is 26.2 Å². The molecule has 1 atom stereocenters. The van der Waals surface area contributed by atoms with Crippen LogP contribution in [0.4, 0.5) is 0 Å². The van der Waals surface area contributed by atoms with E-state index in [1.165, 1.54) is 30.6 Å². The van der Waals surface area contributed by atoms with Gasteiger partial charge in [-0.05, 0) is 20.0 Å². The van der Waals surface area contributed by atoms with Crippen LogP contribution in [0.15, 0.2) is 23.0 Å². The normalized spacial score (nSPS) is 16.6. The van der Waals surface area contributed by atoms with Crippen molar-refractivity contribution in [1.29, 1.82) is 0 Å². The van der Waals surface area contributed by atoms with Crippen LogP contribution in [0.25, 0.3) is 0 Å². The molecule has 0 spiro atoms. The molecule has 2 rings (SSSR count). The van der Waals surface area contributed by atoms with Crippen molar-refractivity contribution < 1.29 is 23.5 Å². The van der Waals surface area contributed by atoms with E-state index in [1.54, 1.807) is 6.92 Å². The molecule has 0 saturated carbocycles. The van der Waals surface area contributed by atoms with Crippen LogP contribution in [-0.2, 0) is 14.3 Å². The van der Waals surface area contributed by atoms with E-state index in [4.69, 9.17) is 9.15 Å². The molecule has 9 heteroatoms. The molecule has 0 radical (unpaired) electrons. The van der Waals surface area contributed by atoms with Gasteiger partial charge in [-0.3, -0.25) is 19.3 Å². The summed E-state index contributed by atoms with van der Waals surface area (Å²) in [5, 5.41) is 2.64. The molecule has 9 nitrogen and oxygen atoms in total. The summed E-state index contributed by atoms with van der Waals surface area (Å²) in [6.07, 6.45) is 2.70. The molecule has 0 aromatic carbocycles. The fourth-order valence-corrected chi connectivity index (χ4v) is 2.83. The number of rotatable bonds is 8. The minimum Gasteiger partial charge on any atom is -0.472 e. The van der Waals surface area contributed by atoms with E-state index in [2.05, 4.69) is 22.2 Å². The Bertz CT molecular complexity index is 626. The molecular weight excluding hydrogens is 352 g/mol. The van der Waals surface area contributed by atoms with Crippen molar-refractivity contribution in [3.63, 3.8) is 0 Å². The first-order chi connectivity index (χ1) is 12.9. The molecule has 1 aliphatic rings. The summed E-state index contributed by atoms with van der Waals surface area (Å²) in [7, 11) is 3.37. The molecule has 27 heavy (non-hydrogen) atoms. The third-order valence-corrected chi connectivity index (χ3v) is 4.64. The number of likely N-dealkylation sites (N-methyl/N-ethyl adjacent to an activating group) is 1. The zero-order chi connectivity index (χ0) is 19.8. The molecule has 1 aliphatic heterocycles. The highest BCUT2D eigenvalue weighted by atomic mass is 16.5. The number of hydrogen-bond donors (Lipinski definition) is 1. The number of ether oxygens (including phenoxy) is 1. The predicted molar refractivity (Wildman–Crippen MR) is 98.2 cm³/mol. The fourth-order valence-electron chi connectivity index (χ4n) is 2.83. The Kier molecular flexibility index (Phi) is 7.81. The number of carbonyl (C=O) groups excluding carboxylic acids is 3. The van der Waals surface area contributed by atoms with E-state index in [1.807, 2.05) is 0 Å². The average molecular weight is 380 g/mol. The summed E-state index contributed by atoms with van der Waals surface area (Å²) in [6, 6.07) is 0.746. The molecule has 1 fully saturated rings. The number of furan rings is 1. The van der Waals surface area contributed by atoms with Gasteiger partial charge in [-0.2, -0.15) is 0 Å². The maximum absolute atomic E-state index is 12.8. The number of nitrogens with zero attached hydrogens (tertiary/aromatic N) is 3. The maximum atomic E-state index is 12.8. The molecule has 1 aromatic rings. The van der Waals surface area contributed by atoms with Gasteiger partial charge in [0.15, 0.2) is 0 Å². The Labute approximate surface area is 159 Å². The van der Waals surface area contributed by atoms with Crippen LogP contribution in [0, 0.1) is 0 Å². The van der Waals surface area contributed by atoms with Crippen molar-refractivity contribution in [3.8, 4) is 0 Å². The molecule has 2 heterocycles. The van der Waals surface area contributed by atoms with Gasteiger partial charge < -0.3 is 24.3 Å². The van der Waals surface area contributed by atoms with Gasteiger partial charge in [0.25, 0.3) is 5.91 Å². The Morgan fingerprint density at radius 1 is 1.30 bits per heavy atom. The molecule has 1 aromatic heterocycles. The second-order valence-electron chi connectivity index (χ2n) is 6.69. The smallest absolute Gasteiger partial charge is 0.325 e. The lowest BCUT2D eigenvalue weighted by atomic mass is 10.2. The molecule has 1 saturated heterocycles. The summed E-state index contributed by atoms with van der Waals surface area (Å²) in [4.78, 5) is 42.5. The van der Waals surface area contributed by atoms with Gasteiger partial charge in [0.05, 0.1) is 18.9 Å². The maximum Gasteiger partial charge on any atom is 0.325 e. The Balaban J connectivity index is 1.93. The molecule has 2 amide bonds. The number of hydrogen-bond acceptors (Lipinski definition) is 7. The van der Waals surface area contributed by atoms with Crippen LogP contribution >= 0.6 is 0 Å². The van der Waals surface area contributed by atoms with Crippen LogP contribution in [0.3, 0.4) is 0 Å². The van der Waals surface area contributed by atoms with Crippen LogP contribution < -0.4 is 5.32 Å². The van der Waals surface area contributed by atoms with E-state index < -0.39 is 17.9 Å². The van der Waals surface area contributed by atoms with Crippen molar-refractivity contribution in [2.75, 3.05) is 60.0 Å². The Hall–Kier alpha value is -2.39. The highest BCUT2D eigenvalue weighted by molar-refractivity contribution is 5.97. The standard InChI is InChI=1S/C18H28N4O5/c1-14(19-17(24)15-4-11-27-13-15)18(25)22(12-16(23)26-3)10-9-21-7-5-20(2)6-8-21/h4,11,13-14H,5-10,12H2,1-3H3,(H,19,24)/t14-/m1/s1. The minimum absolute atomic E-state index is 0.144. The van der Waals surface area contributed by atoms with Gasteiger partial charge in [-0.1, -0.05) is 0 Å². The number of methoxy groups -OCH3 is 1. The van der Waals surface area contributed by atoms with E-state index in [9.17, 15) is 14.4 Å². The lowest BCUT2D eigenvalue weighted by Crippen LogP contribution is -2.52. The van der Waals surface area contributed by atoms with Crippen molar-refractivity contribution >= 4 is 17.8 Å². The second-order valence-corrected chi connectivity index (χ2v) is 6.69. The van der Waals surface area contributed by atoms with Crippen LogP contribution in [0.2, 0.25) is 0 Å². The summed E-state index contributed by atoms with van der Waals surface area (Å²) in [5.41, 5.74) is 0.339. The Morgan fingerprint density at radius 2 is 2.00 bits per heavy atom.